The number of hydrogen-bond donors (Lipinski definition) is 2. The van der Waals surface area contributed by atoms with Crippen molar-refractivity contribution in [3.8, 4) is 0 Å². The van der Waals surface area contributed by atoms with Gasteiger partial charge in [0.2, 0.25) is 0 Å². The van der Waals surface area contributed by atoms with E-state index in [1.807, 2.05) is 0 Å². The summed E-state index contributed by atoms with van der Waals surface area (Å²) >= 11 is 0. The standard InChI is InChI=1S/C7H14O6S/c1-5(2)12-7(8)13-6-3-11-14(9,10)4-6/h5-6,9-10H,3-4H2,1-2H3. The highest BCUT2D eigenvalue weighted by Gasteiger charge is 2.35. The van der Waals surface area contributed by atoms with Crippen molar-refractivity contribution < 1.29 is 27.6 Å². The predicted octanol–water partition coefficient (Wildman–Crippen LogP) is 1.61. The van der Waals surface area contributed by atoms with E-state index in [9.17, 15) is 4.79 Å². The minimum absolute atomic E-state index is 0.00444. The van der Waals surface area contributed by atoms with Crippen molar-refractivity contribution in [2.75, 3.05) is 12.4 Å². The molecule has 14 heavy (non-hydrogen) atoms. The quantitative estimate of drug-likeness (QED) is 0.696. The van der Waals surface area contributed by atoms with E-state index in [1.54, 1.807) is 13.8 Å². The third kappa shape index (κ3) is 3.70. The second kappa shape index (κ2) is 4.35. The maximum atomic E-state index is 11.0. The van der Waals surface area contributed by atoms with Gasteiger partial charge in [-0.2, -0.15) is 0 Å². The molecule has 0 aromatic heterocycles. The molecule has 1 atom stereocenters. The minimum atomic E-state index is -3.00. The molecule has 0 radical (unpaired) electrons. The Morgan fingerprint density at radius 1 is 1.57 bits per heavy atom. The van der Waals surface area contributed by atoms with Crippen LogP contribution in [0.2, 0.25) is 0 Å². The molecule has 0 saturated carbocycles. The van der Waals surface area contributed by atoms with Gasteiger partial charge >= 0.3 is 6.16 Å². The summed E-state index contributed by atoms with van der Waals surface area (Å²) in [6.07, 6.45) is -1.71. The SMILES string of the molecule is CC(C)OC(=O)OC1COS(O)(O)C1. The average Bonchev–Trinajstić information content (AvgIpc) is 2.27. The maximum Gasteiger partial charge on any atom is 0.508 e. The molecular formula is C7H14O6S. The molecule has 1 aliphatic heterocycles. The van der Waals surface area contributed by atoms with Crippen molar-refractivity contribution in [1.29, 1.82) is 0 Å². The molecule has 1 aliphatic rings. The molecule has 0 spiro atoms. The van der Waals surface area contributed by atoms with Gasteiger partial charge in [-0.05, 0) is 13.8 Å². The van der Waals surface area contributed by atoms with Gasteiger partial charge in [-0.25, -0.2) is 4.79 Å². The lowest BCUT2D eigenvalue weighted by Crippen LogP contribution is -2.23. The molecule has 0 aromatic rings. The fraction of sp³-hybridized carbons (Fsp3) is 0.857. The van der Waals surface area contributed by atoms with Crippen LogP contribution in [-0.4, -0.2) is 39.8 Å². The summed E-state index contributed by atoms with van der Waals surface area (Å²) in [5.74, 6) is -0.0831. The van der Waals surface area contributed by atoms with E-state index >= 15 is 0 Å². The van der Waals surface area contributed by atoms with Gasteiger partial charge in [0.25, 0.3) is 0 Å². The largest absolute Gasteiger partial charge is 0.508 e. The summed E-state index contributed by atoms with van der Waals surface area (Å²) in [5.41, 5.74) is 0. The lowest BCUT2D eigenvalue weighted by Gasteiger charge is -2.17. The van der Waals surface area contributed by atoms with Gasteiger partial charge in [0.05, 0.1) is 22.7 Å². The summed E-state index contributed by atoms with van der Waals surface area (Å²) in [7, 11) is -3.00. The van der Waals surface area contributed by atoms with E-state index in [4.69, 9.17) is 18.6 Å². The number of carbonyl (C=O) groups is 1. The molecule has 84 valence electrons. The van der Waals surface area contributed by atoms with Crippen molar-refractivity contribution in [3.63, 3.8) is 0 Å². The van der Waals surface area contributed by atoms with Crippen molar-refractivity contribution >= 4 is 17.0 Å². The van der Waals surface area contributed by atoms with E-state index in [0.29, 0.717) is 0 Å². The zero-order valence-electron chi connectivity index (χ0n) is 8.00. The van der Waals surface area contributed by atoms with Crippen LogP contribution in [0, 0.1) is 0 Å². The highest BCUT2D eigenvalue weighted by molar-refractivity contribution is 8.20. The second-order valence-corrected chi connectivity index (χ2v) is 5.00. The molecular weight excluding hydrogens is 212 g/mol. The predicted molar refractivity (Wildman–Crippen MR) is 50.2 cm³/mol. The van der Waals surface area contributed by atoms with Crippen LogP contribution in [-0.2, 0) is 13.7 Å². The van der Waals surface area contributed by atoms with Gasteiger partial charge in [-0.1, -0.05) is 0 Å². The molecule has 0 bridgehead atoms. The van der Waals surface area contributed by atoms with Crippen LogP contribution in [0.3, 0.4) is 0 Å². The van der Waals surface area contributed by atoms with E-state index in [1.165, 1.54) is 0 Å². The van der Waals surface area contributed by atoms with E-state index in [0.717, 1.165) is 0 Å². The number of rotatable bonds is 2. The summed E-state index contributed by atoms with van der Waals surface area (Å²) in [6.45, 7) is 3.38. The molecule has 1 saturated heterocycles. The average molecular weight is 226 g/mol. The molecule has 6 nitrogen and oxygen atoms in total. The van der Waals surface area contributed by atoms with Gasteiger partial charge in [0, 0.05) is 0 Å². The Labute approximate surface area is 83.7 Å². The lowest BCUT2D eigenvalue weighted by molar-refractivity contribution is 0.00768. The molecule has 1 rings (SSSR count). The number of hydrogen-bond acceptors (Lipinski definition) is 6. The molecule has 1 unspecified atom stereocenters. The Bertz CT molecular complexity index is 216. The van der Waals surface area contributed by atoms with Crippen LogP contribution in [0.15, 0.2) is 0 Å². The van der Waals surface area contributed by atoms with Crippen LogP contribution in [0.25, 0.3) is 0 Å². The molecule has 1 fully saturated rings. The first kappa shape index (κ1) is 11.6. The molecule has 2 N–H and O–H groups in total. The third-order valence-corrected chi connectivity index (χ3v) is 2.76. The smallest absolute Gasteiger partial charge is 0.432 e. The monoisotopic (exact) mass is 226 g/mol. The van der Waals surface area contributed by atoms with Crippen LogP contribution in [0.4, 0.5) is 4.79 Å². The second-order valence-electron chi connectivity index (χ2n) is 3.21. The van der Waals surface area contributed by atoms with E-state index in [2.05, 4.69) is 4.18 Å². The Kier molecular flexibility index (Phi) is 3.59. The van der Waals surface area contributed by atoms with Gasteiger partial charge < -0.3 is 18.6 Å². The molecule has 7 heteroatoms. The normalized spacial score (nSPS) is 27.4. The Balaban J connectivity index is 2.29. The van der Waals surface area contributed by atoms with E-state index in [-0.39, 0.29) is 18.5 Å². The molecule has 0 amide bonds. The van der Waals surface area contributed by atoms with Crippen molar-refractivity contribution in [2.45, 2.75) is 26.1 Å². The van der Waals surface area contributed by atoms with Crippen LogP contribution < -0.4 is 0 Å². The zero-order valence-corrected chi connectivity index (χ0v) is 8.82. The fourth-order valence-electron chi connectivity index (χ4n) is 0.948. The summed E-state index contributed by atoms with van der Waals surface area (Å²) in [4.78, 5) is 11.0. The van der Waals surface area contributed by atoms with Gasteiger partial charge in [0.15, 0.2) is 0 Å². The number of carbonyl (C=O) groups excluding carboxylic acids is 1. The van der Waals surface area contributed by atoms with Crippen molar-refractivity contribution in [1.82, 2.24) is 0 Å². The fourth-order valence-corrected chi connectivity index (χ4v) is 2.06. The Morgan fingerprint density at radius 2 is 2.21 bits per heavy atom. The lowest BCUT2D eigenvalue weighted by atomic mass is 10.4. The summed E-state index contributed by atoms with van der Waals surface area (Å²) < 4.78 is 32.2. The zero-order chi connectivity index (χ0) is 10.8. The first-order valence-corrected chi connectivity index (χ1v) is 5.81. The van der Waals surface area contributed by atoms with Gasteiger partial charge in [0.1, 0.15) is 12.7 Å². The van der Waals surface area contributed by atoms with Crippen LogP contribution in [0.5, 0.6) is 0 Å². The summed E-state index contributed by atoms with van der Waals surface area (Å²) in [5, 5.41) is 0. The molecule has 0 aliphatic carbocycles. The first-order valence-electron chi connectivity index (χ1n) is 4.16. The summed E-state index contributed by atoms with van der Waals surface area (Å²) in [6, 6.07) is 0. The number of ether oxygens (including phenoxy) is 2. The molecule has 1 heterocycles. The Morgan fingerprint density at radius 3 is 2.64 bits per heavy atom. The van der Waals surface area contributed by atoms with Crippen LogP contribution >= 0.6 is 10.9 Å². The minimum Gasteiger partial charge on any atom is -0.432 e. The van der Waals surface area contributed by atoms with Crippen molar-refractivity contribution in [2.24, 2.45) is 0 Å². The highest BCUT2D eigenvalue weighted by Crippen LogP contribution is 2.45. The van der Waals surface area contributed by atoms with Crippen molar-refractivity contribution in [3.05, 3.63) is 0 Å². The third-order valence-electron chi connectivity index (χ3n) is 1.44. The highest BCUT2D eigenvalue weighted by atomic mass is 32.3. The topological polar surface area (TPSA) is 85.2 Å². The first-order chi connectivity index (χ1) is 6.39. The molecule has 0 aromatic carbocycles. The van der Waals surface area contributed by atoms with Gasteiger partial charge in [-0.3, -0.25) is 4.18 Å². The van der Waals surface area contributed by atoms with E-state index < -0.39 is 23.1 Å². The van der Waals surface area contributed by atoms with Gasteiger partial charge in [-0.15, -0.1) is 0 Å². The maximum absolute atomic E-state index is 11.0. The van der Waals surface area contributed by atoms with Crippen LogP contribution in [0.1, 0.15) is 13.8 Å². The Hall–Kier alpha value is -0.500.